The maximum atomic E-state index is 11.0. The van der Waals surface area contributed by atoms with E-state index in [1.807, 2.05) is 9.24 Å². The fraction of sp³-hybridized carbons (Fsp3) is 0.800. The van der Waals surface area contributed by atoms with E-state index in [0.717, 1.165) is 0 Å². The lowest BCUT2D eigenvalue weighted by Crippen LogP contribution is -2.39. The van der Waals surface area contributed by atoms with Gasteiger partial charge in [0.15, 0.2) is 5.52 Å². The number of carbonyl (C=O) groups is 1. The van der Waals surface area contributed by atoms with E-state index in [1.54, 1.807) is 20.9 Å². The molecule has 0 heterocycles. The van der Waals surface area contributed by atoms with E-state index in [4.69, 9.17) is 0 Å². The van der Waals surface area contributed by atoms with Gasteiger partial charge in [0.1, 0.15) is 15.7 Å². The molecule has 0 saturated carbocycles. The first kappa shape index (κ1) is 10.2. The molecule has 60 valence electrons. The Morgan fingerprint density at radius 2 is 2.00 bits per heavy atom. The average Bonchev–Trinajstić information content (AvgIpc) is 1.86. The van der Waals surface area contributed by atoms with Crippen molar-refractivity contribution in [3.63, 3.8) is 0 Å². The fourth-order valence-corrected chi connectivity index (χ4v) is 1.36. The molecule has 0 saturated heterocycles. The molecule has 0 radical (unpaired) electrons. The van der Waals surface area contributed by atoms with Crippen molar-refractivity contribution in [2.75, 3.05) is 7.05 Å². The van der Waals surface area contributed by atoms with E-state index in [1.165, 1.54) is 0 Å². The molecule has 3 nitrogen and oxygen atoms in total. The van der Waals surface area contributed by atoms with E-state index in [9.17, 15) is 9.00 Å². The van der Waals surface area contributed by atoms with Gasteiger partial charge in [0.25, 0.3) is 0 Å². The van der Waals surface area contributed by atoms with Crippen molar-refractivity contribution in [3.8, 4) is 0 Å². The Morgan fingerprint density at radius 1 is 1.60 bits per heavy atom. The van der Waals surface area contributed by atoms with Crippen molar-refractivity contribution >= 4 is 25.7 Å². The molecule has 0 spiro atoms. The van der Waals surface area contributed by atoms with Crippen molar-refractivity contribution in [3.05, 3.63) is 0 Å². The Kier molecular flexibility index (Phi) is 3.63. The zero-order valence-electron chi connectivity index (χ0n) is 6.30. The van der Waals surface area contributed by atoms with Crippen molar-refractivity contribution in [2.24, 2.45) is 0 Å². The third-order valence-electron chi connectivity index (χ3n) is 1.24. The highest BCUT2D eigenvalue weighted by atomic mass is 32.2. The van der Waals surface area contributed by atoms with Gasteiger partial charge < -0.3 is 0 Å². The highest BCUT2D eigenvalue weighted by Gasteiger charge is 2.30. The molecule has 0 aromatic carbocycles. The lowest BCUT2D eigenvalue weighted by Gasteiger charge is -2.18. The van der Waals surface area contributed by atoms with Crippen LogP contribution in [0.2, 0.25) is 0 Å². The molecule has 0 aliphatic carbocycles. The van der Waals surface area contributed by atoms with Crippen molar-refractivity contribution < 1.29 is 9.00 Å². The zero-order valence-corrected chi connectivity index (χ0v) is 8.27. The topological polar surface area (TPSA) is 46.2 Å². The summed E-state index contributed by atoms with van der Waals surface area (Å²) in [6.07, 6.45) is 0. The molecule has 0 amide bonds. The van der Waals surface area contributed by atoms with Crippen LogP contribution in [-0.2, 0) is 15.8 Å². The highest BCUT2D eigenvalue weighted by molar-refractivity contribution is 7.86. The van der Waals surface area contributed by atoms with Crippen LogP contribution in [0.4, 0.5) is 0 Å². The first-order valence-corrected chi connectivity index (χ1v) is 4.54. The molecule has 0 aromatic rings. The number of nitrogens with one attached hydrogen (secondary N) is 1. The zero-order chi connectivity index (χ0) is 8.36. The van der Waals surface area contributed by atoms with Crippen LogP contribution in [0.15, 0.2) is 0 Å². The molecule has 0 bridgehead atoms. The summed E-state index contributed by atoms with van der Waals surface area (Å²) in [5.74, 6) is 0. The van der Waals surface area contributed by atoms with Crippen molar-refractivity contribution in [1.29, 1.82) is 0 Å². The van der Waals surface area contributed by atoms with E-state index >= 15 is 0 Å². The minimum atomic E-state index is -1.29. The fourth-order valence-electron chi connectivity index (χ4n) is 0.347. The van der Waals surface area contributed by atoms with Gasteiger partial charge in [-0.15, -0.1) is 0 Å². The maximum Gasteiger partial charge on any atom is 0.167 e. The van der Waals surface area contributed by atoms with E-state index in [-0.39, 0.29) is 5.52 Å². The van der Waals surface area contributed by atoms with Crippen LogP contribution >= 0.6 is 9.24 Å². The van der Waals surface area contributed by atoms with Crippen LogP contribution in [0, 0.1) is 0 Å². The summed E-state index contributed by atoms with van der Waals surface area (Å²) in [4.78, 5) is 10.8. The first-order chi connectivity index (χ1) is 4.42. The summed E-state index contributed by atoms with van der Waals surface area (Å²) in [6.45, 7) is 3.27. The molecule has 0 fully saturated rings. The summed E-state index contributed by atoms with van der Waals surface area (Å²) in [7, 11) is 2.30. The summed E-state index contributed by atoms with van der Waals surface area (Å²) in [5, 5.41) is 0. The predicted molar refractivity (Wildman–Crippen MR) is 46.0 cm³/mol. The van der Waals surface area contributed by atoms with Gasteiger partial charge in [0, 0.05) is 0 Å². The molecule has 0 rings (SSSR count). The molecule has 5 heteroatoms. The Labute approximate surface area is 65.7 Å². The molecule has 10 heavy (non-hydrogen) atoms. The second-order valence-electron chi connectivity index (χ2n) is 2.35. The minimum absolute atomic E-state index is 0.153. The van der Waals surface area contributed by atoms with Gasteiger partial charge in [0.05, 0.1) is 0 Å². The third kappa shape index (κ3) is 2.11. The van der Waals surface area contributed by atoms with Gasteiger partial charge in [-0.3, -0.25) is 4.79 Å². The maximum absolute atomic E-state index is 11.0. The number of rotatable bonds is 3. The van der Waals surface area contributed by atoms with Gasteiger partial charge in [-0.1, -0.05) is 9.24 Å². The van der Waals surface area contributed by atoms with Crippen molar-refractivity contribution in [2.45, 2.75) is 18.6 Å². The van der Waals surface area contributed by atoms with Crippen LogP contribution in [0.1, 0.15) is 13.8 Å². The molecule has 0 aliphatic rings. The second kappa shape index (κ2) is 3.56. The van der Waals surface area contributed by atoms with E-state index in [2.05, 4.69) is 4.72 Å². The molecule has 0 aliphatic heterocycles. The van der Waals surface area contributed by atoms with Crippen LogP contribution < -0.4 is 4.72 Å². The van der Waals surface area contributed by atoms with Crippen LogP contribution in [0.5, 0.6) is 0 Å². The van der Waals surface area contributed by atoms with Crippen LogP contribution in [-0.4, -0.2) is 21.5 Å². The lowest BCUT2D eigenvalue weighted by atomic mass is 10.2. The van der Waals surface area contributed by atoms with Crippen LogP contribution in [0.3, 0.4) is 0 Å². The Bertz CT molecular complexity index is 169. The van der Waals surface area contributed by atoms with Gasteiger partial charge in [-0.05, 0) is 20.9 Å². The minimum Gasteiger partial charge on any atom is -0.293 e. The summed E-state index contributed by atoms with van der Waals surface area (Å²) < 4.78 is 12.8. The SMILES string of the molecule is CNS(=O)C(C)(C)C(=O)P. The van der Waals surface area contributed by atoms with E-state index < -0.39 is 15.7 Å². The van der Waals surface area contributed by atoms with E-state index in [0.29, 0.717) is 0 Å². The lowest BCUT2D eigenvalue weighted by molar-refractivity contribution is -0.112. The molecular formula is C5H12NO2PS. The molecule has 2 unspecified atom stereocenters. The van der Waals surface area contributed by atoms with Crippen LogP contribution in [0.25, 0.3) is 0 Å². The monoisotopic (exact) mass is 181 g/mol. The standard InChI is InChI=1S/C5H12NO2PS/c1-5(2,4(7)9)10(8)6-3/h6H,9H2,1-3H3. The molecular weight excluding hydrogens is 169 g/mol. The van der Waals surface area contributed by atoms with Gasteiger partial charge in [0.2, 0.25) is 0 Å². The first-order valence-electron chi connectivity index (χ1n) is 2.82. The van der Waals surface area contributed by atoms with Crippen molar-refractivity contribution in [1.82, 2.24) is 4.72 Å². The van der Waals surface area contributed by atoms with Gasteiger partial charge in [-0.2, -0.15) is 0 Å². The molecule has 2 atom stereocenters. The molecule has 1 N–H and O–H groups in total. The summed E-state index contributed by atoms with van der Waals surface area (Å²) >= 11 is 0. The molecule has 0 aromatic heterocycles. The Morgan fingerprint density at radius 3 is 2.10 bits per heavy atom. The number of hydrogen-bond acceptors (Lipinski definition) is 2. The van der Waals surface area contributed by atoms with Gasteiger partial charge >= 0.3 is 0 Å². The third-order valence-corrected chi connectivity index (χ3v) is 3.67. The Balaban J connectivity index is 4.40. The summed E-state index contributed by atoms with van der Waals surface area (Å²) in [6, 6.07) is 0. The number of carbonyl (C=O) groups excluding carboxylic acids is 1. The normalized spacial score (nSPS) is 14.8. The summed E-state index contributed by atoms with van der Waals surface area (Å²) in [5.41, 5.74) is -0.153. The average molecular weight is 181 g/mol. The largest absolute Gasteiger partial charge is 0.293 e. The Hall–Kier alpha value is 0.210. The number of hydrogen-bond donors (Lipinski definition) is 1. The smallest absolute Gasteiger partial charge is 0.167 e. The predicted octanol–water partition coefficient (Wildman–Crippen LogP) is 0.0498. The highest BCUT2D eigenvalue weighted by Crippen LogP contribution is 2.15. The quantitative estimate of drug-likeness (QED) is 0.625. The van der Waals surface area contributed by atoms with Gasteiger partial charge in [-0.25, -0.2) is 8.93 Å². The second-order valence-corrected chi connectivity index (χ2v) is 4.84.